The average Bonchev–Trinajstić information content (AvgIpc) is 3.11. The second-order valence-corrected chi connectivity index (χ2v) is 5.74. The van der Waals surface area contributed by atoms with Crippen molar-refractivity contribution in [2.75, 3.05) is 31.2 Å². The number of aromatic amines is 2. The van der Waals surface area contributed by atoms with Crippen LogP contribution in [-0.2, 0) is 4.74 Å². The van der Waals surface area contributed by atoms with E-state index in [1.807, 2.05) is 13.0 Å². The SMILES string of the molecule is Cc1cc(N2CCOCC2)cc2[nH]c(-c3c(O)c[nH]c3O)nc12. The first kappa shape index (κ1) is 14.0. The Morgan fingerprint density at radius 2 is 2.00 bits per heavy atom. The van der Waals surface area contributed by atoms with E-state index in [-0.39, 0.29) is 17.2 Å². The second-order valence-electron chi connectivity index (χ2n) is 5.74. The molecule has 0 atom stereocenters. The zero-order chi connectivity index (χ0) is 16.0. The second kappa shape index (κ2) is 5.20. The van der Waals surface area contributed by atoms with Crippen LogP contribution in [0.4, 0.5) is 5.69 Å². The van der Waals surface area contributed by atoms with Crippen molar-refractivity contribution in [2.45, 2.75) is 6.92 Å². The molecule has 3 aromatic rings. The lowest BCUT2D eigenvalue weighted by Crippen LogP contribution is -2.36. The van der Waals surface area contributed by atoms with E-state index in [9.17, 15) is 10.2 Å². The van der Waals surface area contributed by atoms with Gasteiger partial charge in [-0.05, 0) is 24.6 Å². The van der Waals surface area contributed by atoms with Crippen LogP contribution in [0.3, 0.4) is 0 Å². The van der Waals surface area contributed by atoms with Crippen molar-refractivity contribution in [3.05, 3.63) is 23.9 Å². The highest BCUT2D eigenvalue weighted by Gasteiger charge is 2.18. The van der Waals surface area contributed by atoms with Gasteiger partial charge in [-0.2, -0.15) is 0 Å². The molecule has 120 valence electrons. The molecule has 0 bridgehead atoms. The van der Waals surface area contributed by atoms with Crippen LogP contribution in [0.1, 0.15) is 5.56 Å². The van der Waals surface area contributed by atoms with Crippen LogP contribution < -0.4 is 4.90 Å². The van der Waals surface area contributed by atoms with Gasteiger partial charge in [0, 0.05) is 25.0 Å². The standard InChI is InChI=1S/C16H18N4O3/c1-9-6-10(20-2-4-23-5-3-20)7-11-14(9)19-15(18-11)13-12(21)8-17-16(13)22/h6-8,17,21-22H,2-5H2,1H3,(H,18,19). The Bertz CT molecular complexity index is 842. The number of hydrogen-bond donors (Lipinski definition) is 4. The normalized spacial score (nSPS) is 15.4. The van der Waals surface area contributed by atoms with E-state index in [4.69, 9.17) is 4.74 Å². The number of aromatic nitrogens is 3. The summed E-state index contributed by atoms with van der Waals surface area (Å²) in [6, 6.07) is 4.15. The van der Waals surface area contributed by atoms with Crippen LogP contribution >= 0.6 is 0 Å². The van der Waals surface area contributed by atoms with Crippen molar-refractivity contribution in [1.82, 2.24) is 15.0 Å². The highest BCUT2D eigenvalue weighted by Crippen LogP contribution is 2.36. The monoisotopic (exact) mass is 314 g/mol. The molecule has 1 aromatic carbocycles. The molecular weight excluding hydrogens is 296 g/mol. The average molecular weight is 314 g/mol. The summed E-state index contributed by atoms with van der Waals surface area (Å²) in [7, 11) is 0. The zero-order valence-corrected chi connectivity index (χ0v) is 12.8. The zero-order valence-electron chi connectivity index (χ0n) is 12.8. The fraction of sp³-hybridized carbons (Fsp3) is 0.312. The Kier molecular flexibility index (Phi) is 3.16. The predicted molar refractivity (Wildman–Crippen MR) is 87.0 cm³/mol. The molecule has 0 amide bonds. The molecule has 0 radical (unpaired) electrons. The summed E-state index contributed by atoms with van der Waals surface area (Å²) in [6.45, 7) is 5.21. The Morgan fingerprint density at radius 1 is 1.22 bits per heavy atom. The molecule has 23 heavy (non-hydrogen) atoms. The number of ether oxygens (including phenoxy) is 1. The Hall–Kier alpha value is -2.67. The first-order valence-corrected chi connectivity index (χ1v) is 7.56. The van der Waals surface area contributed by atoms with Gasteiger partial charge in [0.05, 0.1) is 24.2 Å². The van der Waals surface area contributed by atoms with E-state index in [0.717, 1.165) is 48.6 Å². The van der Waals surface area contributed by atoms with Crippen LogP contribution in [0.5, 0.6) is 11.6 Å². The highest BCUT2D eigenvalue weighted by molar-refractivity contribution is 5.87. The van der Waals surface area contributed by atoms with Crippen molar-refractivity contribution in [1.29, 1.82) is 0 Å². The maximum Gasteiger partial charge on any atom is 0.203 e. The third kappa shape index (κ3) is 2.29. The Balaban J connectivity index is 1.81. The van der Waals surface area contributed by atoms with E-state index in [0.29, 0.717) is 5.82 Å². The number of morpholine rings is 1. The molecule has 3 heterocycles. The summed E-state index contributed by atoms with van der Waals surface area (Å²) in [6.07, 6.45) is 1.34. The van der Waals surface area contributed by atoms with Gasteiger partial charge in [0.1, 0.15) is 17.1 Å². The molecule has 4 N–H and O–H groups in total. The van der Waals surface area contributed by atoms with Crippen LogP contribution in [-0.4, -0.2) is 51.5 Å². The number of benzene rings is 1. The van der Waals surface area contributed by atoms with Crippen molar-refractivity contribution >= 4 is 16.7 Å². The molecule has 7 heteroatoms. The number of nitrogens with zero attached hydrogens (tertiary/aromatic N) is 2. The third-order valence-corrected chi connectivity index (χ3v) is 4.21. The molecule has 0 unspecified atom stereocenters. The van der Waals surface area contributed by atoms with Gasteiger partial charge in [0.2, 0.25) is 5.88 Å². The van der Waals surface area contributed by atoms with Crippen molar-refractivity contribution in [2.24, 2.45) is 0 Å². The van der Waals surface area contributed by atoms with Crippen LogP contribution in [0.15, 0.2) is 18.3 Å². The maximum absolute atomic E-state index is 9.86. The highest BCUT2D eigenvalue weighted by atomic mass is 16.5. The van der Waals surface area contributed by atoms with Gasteiger partial charge in [-0.1, -0.05) is 0 Å². The molecule has 1 fully saturated rings. The minimum Gasteiger partial charge on any atom is -0.505 e. The summed E-state index contributed by atoms with van der Waals surface area (Å²) in [5, 5.41) is 19.7. The summed E-state index contributed by atoms with van der Waals surface area (Å²) in [5.74, 6) is 0.304. The van der Waals surface area contributed by atoms with Gasteiger partial charge in [0.25, 0.3) is 0 Å². The quantitative estimate of drug-likeness (QED) is 0.581. The third-order valence-electron chi connectivity index (χ3n) is 4.21. The van der Waals surface area contributed by atoms with Gasteiger partial charge in [-0.3, -0.25) is 0 Å². The molecule has 4 rings (SSSR count). The van der Waals surface area contributed by atoms with Gasteiger partial charge >= 0.3 is 0 Å². The van der Waals surface area contributed by atoms with Gasteiger partial charge < -0.3 is 29.8 Å². The number of fused-ring (bicyclic) bond motifs is 1. The molecule has 0 spiro atoms. The largest absolute Gasteiger partial charge is 0.505 e. The summed E-state index contributed by atoms with van der Waals surface area (Å²) in [4.78, 5) is 12.6. The maximum atomic E-state index is 9.86. The fourth-order valence-corrected chi connectivity index (χ4v) is 3.03. The predicted octanol–water partition coefficient (Wildman–Crippen LogP) is 2.11. The smallest absolute Gasteiger partial charge is 0.203 e. The summed E-state index contributed by atoms with van der Waals surface area (Å²) < 4.78 is 5.40. The number of H-pyrrole nitrogens is 2. The van der Waals surface area contributed by atoms with E-state index < -0.39 is 0 Å². The molecule has 2 aromatic heterocycles. The van der Waals surface area contributed by atoms with E-state index >= 15 is 0 Å². The number of anilines is 1. The van der Waals surface area contributed by atoms with Crippen LogP contribution in [0.25, 0.3) is 22.4 Å². The van der Waals surface area contributed by atoms with Crippen LogP contribution in [0, 0.1) is 6.92 Å². The molecular formula is C16H18N4O3. The fourth-order valence-electron chi connectivity index (χ4n) is 3.03. The summed E-state index contributed by atoms with van der Waals surface area (Å²) >= 11 is 0. The number of hydrogen-bond acceptors (Lipinski definition) is 5. The molecule has 1 aliphatic rings. The number of aryl methyl sites for hydroxylation is 1. The van der Waals surface area contributed by atoms with Gasteiger partial charge in [0.15, 0.2) is 0 Å². The van der Waals surface area contributed by atoms with Crippen molar-refractivity contribution in [3.63, 3.8) is 0 Å². The van der Waals surface area contributed by atoms with E-state index in [1.165, 1.54) is 6.20 Å². The minimum atomic E-state index is -0.104. The minimum absolute atomic E-state index is 0.0346. The van der Waals surface area contributed by atoms with Gasteiger partial charge in [-0.25, -0.2) is 4.98 Å². The number of imidazole rings is 1. The first-order valence-electron chi connectivity index (χ1n) is 7.56. The van der Waals surface area contributed by atoms with Crippen molar-refractivity contribution < 1.29 is 14.9 Å². The van der Waals surface area contributed by atoms with E-state index in [2.05, 4.69) is 25.9 Å². The lowest BCUT2D eigenvalue weighted by Gasteiger charge is -2.29. The molecule has 7 nitrogen and oxygen atoms in total. The molecule has 1 aliphatic heterocycles. The summed E-state index contributed by atoms with van der Waals surface area (Å²) in [5.41, 5.74) is 4.16. The Morgan fingerprint density at radius 3 is 2.70 bits per heavy atom. The van der Waals surface area contributed by atoms with Gasteiger partial charge in [-0.15, -0.1) is 0 Å². The topological polar surface area (TPSA) is 97.4 Å². The Labute approximate surface area is 132 Å². The lowest BCUT2D eigenvalue weighted by atomic mass is 10.1. The lowest BCUT2D eigenvalue weighted by molar-refractivity contribution is 0.122. The van der Waals surface area contributed by atoms with Crippen molar-refractivity contribution in [3.8, 4) is 23.0 Å². The number of aromatic hydroxyl groups is 2. The van der Waals surface area contributed by atoms with E-state index in [1.54, 1.807) is 0 Å². The first-order chi connectivity index (χ1) is 11.1. The van der Waals surface area contributed by atoms with Crippen LogP contribution in [0.2, 0.25) is 0 Å². The molecule has 0 saturated carbocycles. The number of rotatable bonds is 2. The molecule has 1 saturated heterocycles. The number of nitrogens with one attached hydrogen (secondary N) is 2. The molecule has 0 aliphatic carbocycles.